The zero-order valence-corrected chi connectivity index (χ0v) is 13.4. The number of nitrogens with one attached hydrogen (secondary N) is 1. The molecule has 1 aliphatic carbocycles. The standard InChI is InChI=1S/C14H27NO4S/c1-10(2)7-11(14(16)17)9-15-12-5-4-6-13(8-12)20(3,18)19/h10-13,15H,4-9H2,1-3H3,(H,16,17). The molecule has 6 heteroatoms. The van der Waals surface area contributed by atoms with E-state index in [0.717, 1.165) is 19.3 Å². The first-order valence-corrected chi connectivity index (χ1v) is 9.30. The maximum Gasteiger partial charge on any atom is 0.307 e. The van der Waals surface area contributed by atoms with E-state index in [2.05, 4.69) is 5.32 Å². The van der Waals surface area contributed by atoms with E-state index in [-0.39, 0.29) is 11.3 Å². The molecule has 1 aliphatic rings. The van der Waals surface area contributed by atoms with Crippen LogP contribution in [-0.2, 0) is 14.6 Å². The predicted molar refractivity (Wildman–Crippen MR) is 79.5 cm³/mol. The van der Waals surface area contributed by atoms with Crippen molar-refractivity contribution in [1.82, 2.24) is 5.32 Å². The third kappa shape index (κ3) is 5.79. The Bertz CT molecular complexity index is 419. The van der Waals surface area contributed by atoms with E-state index in [1.54, 1.807) is 0 Å². The number of hydrogen-bond donors (Lipinski definition) is 2. The second kappa shape index (κ2) is 7.41. The normalized spacial score (nSPS) is 25.6. The second-order valence-corrected chi connectivity index (χ2v) is 8.71. The molecule has 0 radical (unpaired) electrons. The highest BCUT2D eigenvalue weighted by Gasteiger charge is 2.29. The summed E-state index contributed by atoms with van der Waals surface area (Å²) < 4.78 is 23.2. The number of aliphatic carboxylic acids is 1. The van der Waals surface area contributed by atoms with Gasteiger partial charge < -0.3 is 10.4 Å². The zero-order valence-electron chi connectivity index (χ0n) is 12.6. The van der Waals surface area contributed by atoms with E-state index in [1.807, 2.05) is 13.8 Å². The van der Waals surface area contributed by atoms with Gasteiger partial charge in [-0.15, -0.1) is 0 Å². The fraction of sp³-hybridized carbons (Fsp3) is 0.929. The van der Waals surface area contributed by atoms with Crippen LogP contribution in [0.5, 0.6) is 0 Å². The summed E-state index contributed by atoms with van der Waals surface area (Å²) >= 11 is 0. The summed E-state index contributed by atoms with van der Waals surface area (Å²) in [5.74, 6) is -0.830. The number of carboxylic acid groups (broad SMARTS) is 1. The molecule has 0 aromatic rings. The highest BCUT2D eigenvalue weighted by molar-refractivity contribution is 7.91. The first kappa shape index (κ1) is 17.4. The summed E-state index contributed by atoms with van der Waals surface area (Å²) in [6.45, 7) is 4.45. The molecule has 0 heterocycles. The molecule has 2 N–H and O–H groups in total. The molecule has 0 aromatic heterocycles. The molecule has 1 saturated carbocycles. The van der Waals surface area contributed by atoms with Crippen LogP contribution in [0.3, 0.4) is 0 Å². The Morgan fingerprint density at radius 2 is 2.00 bits per heavy atom. The van der Waals surface area contributed by atoms with E-state index in [0.29, 0.717) is 25.3 Å². The molecule has 3 unspecified atom stereocenters. The molecule has 20 heavy (non-hydrogen) atoms. The van der Waals surface area contributed by atoms with Crippen molar-refractivity contribution in [3.8, 4) is 0 Å². The average Bonchev–Trinajstić information content (AvgIpc) is 2.33. The van der Waals surface area contributed by atoms with Crippen LogP contribution in [0.15, 0.2) is 0 Å². The Hall–Kier alpha value is -0.620. The van der Waals surface area contributed by atoms with Gasteiger partial charge in [0.15, 0.2) is 0 Å². The Morgan fingerprint density at radius 1 is 1.35 bits per heavy atom. The topological polar surface area (TPSA) is 83.5 Å². The lowest BCUT2D eigenvalue weighted by atomic mass is 9.93. The monoisotopic (exact) mass is 305 g/mol. The fourth-order valence-electron chi connectivity index (χ4n) is 2.87. The maximum atomic E-state index is 11.6. The minimum absolute atomic E-state index is 0.123. The number of sulfone groups is 1. The minimum Gasteiger partial charge on any atom is -0.481 e. The van der Waals surface area contributed by atoms with E-state index in [4.69, 9.17) is 0 Å². The highest BCUT2D eigenvalue weighted by atomic mass is 32.2. The Morgan fingerprint density at radius 3 is 2.50 bits per heavy atom. The van der Waals surface area contributed by atoms with Crippen molar-refractivity contribution in [2.45, 2.75) is 57.2 Å². The van der Waals surface area contributed by atoms with Gasteiger partial charge in [-0.2, -0.15) is 0 Å². The van der Waals surface area contributed by atoms with E-state index in [9.17, 15) is 18.3 Å². The van der Waals surface area contributed by atoms with Gasteiger partial charge in [0.1, 0.15) is 9.84 Å². The first-order valence-electron chi connectivity index (χ1n) is 7.35. The molecule has 5 nitrogen and oxygen atoms in total. The molecule has 0 spiro atoms. The van der Waals surface area contributed by atoms with Crippen LogP contribution in [0.2, 0.25) is 0 Å². The summed E-state index contributed by atoms with van der Waals surface area (Å²) in [6.07, 6.45) is 5.08. The van der Waals surface area contributed by atoms with Gasteiger partial charge >= 0.3 is 5.97 Å². The lowest BCUT2D eigenvalue weighted by Crippen LogP contribution is -2.42. The molecule has 0 aromatic carbocycles. The van der Waals surface area contributed by atoms with Gasteiger partial charge in [0, 0.05) is 18.8 Å². The molecule has 0 saturated heterocycles. The smallest absolute Gasteiger partial charge is 0.307 e. The lowest BCUT2D eigenvalue weighted by Gasteiger charge is -2.29. The van der Waals surface area contributed by atoms with Gasteiger partial charge in [-0.25, -0.2) is 8.42 Å². The van der Waals surface area contributed by atoms with Gasteiger partial charge in [-0.3, -0.25) is 4.79 Å². The van der Waals surface area contributed by atoms with Crippen molar-refractivity contribution < 1.29 is 18.3 Å². The quantitative estimate of drug-likeness (QED) is 0.747. The largest absolute Gasteiger partial charge is 0.481 e. The van der Waals surface area contributed by atoms with E-state index < -0.39 is 21.7 Å². The van der Waals surface area contributed by atoms with Crippen molar-refractivity contribution >= 4 is 15.8 Å². The van der Waals surface area contributed by atoms with Crippen molar-refractivity contribution in [2.75, 3.05) is 12.8 Å². The molecule has 1 rings (SSSR count). The van der Waals surface area contributed by atoms with Crippen LogP contribution < -0.4 is 5.32 Å². The third-order valence-corrected chi connectivity index (χ3v) is 5.63. The summed E-state index contributed by atoms with van der Waals surface area (Å²) in [5.41, 5.74) is 0. The van der Waals surface area contributed by atoms with Crippen LogP contribution in [-0.4, -0.2) is 43.6 Å². The van der Waals surface area contributed by atoms with Gasteiger partial charge in [0.25, 0.3) is 0 Å². The van der Waals surface area contributed by atoms with Crippen molar-refractivity contribution in [3.05, 3.63) is 0 Å². The van der Waals surface area contributed by atoms with Gasteiger partial charge in [-0.05, 0) is 31.6 Å². The number of carboxylic acids is 1. The molecule has 118 valence electrons. The number of rotatable bonds is 7. The van der Waals surface area contributed by atoms with Crippen LogP contribution in [0.25, 0.3) is 0 Å². The Labute approximate surface area is 122 Å². The molecular formula is C14H27NO4S. The number of hydrogen-bond acceptors (Lipinski definition) is 4. The summed E-state index contributed by atoms with van der Waals surface area (Å²) in [7, 11) is -2.99. The average molecular weight is 305 g/mol. The van der Waals surface area contributed by atoms with E-state index in [1.165, 1.54) is 6.26 Å². The van der Waals surface area contributed by atoms with Crippen LogP contribution in [0.4, 0.5) is 0 Å². The van der Waals surface area contributed by atoms with Crippen LogP contribution in [0, 0.1) is 11.8 Å². The predicted octanol–water partition coefficient (Wildman–Crippen LogP) is 1.68. The molecule has 0 aliphatic heterocycles. The molecule has 0 bridgehead atoms. The lowest BCUT2D eigenvalue weighted by molar-refractivity contribution is -0.142. The summed E-state index contributed by atoms with van der Waals surface area (Å²) in [6, 6.07) is 0.123. The fourth-order valence-corrected chi connectivity index (χ4v) is 4.05. The van der Waals surface area contributed by atoms with Gasteiger partial charge in [0.2, 0.25) is 0 Å². The first-order chi connectivity index (χ1) is 9.20. The highest BCUT2D eigenvalue weighted by Crippen LogP contribution is 2.24. The third-order valence-electron chi connectivity index (χ3n) is 3.99. The molecular weight excluding hydrogens is 278 g/mol. The van der Waals surface area contributed by atoms with Crippen LogP contribution in [0.1, 0.15) is 46.0 Å². The van der Waals surface area contributed by atoms with Gasteiger partial charge in [-0.1, -0.05) is 20.3 Å². The SMILES string of the molecule is CC(C)CC(CNC1CCCC(S(C)(=O)=O)C1)C(=O)O. The van der Waals surface area contributed by atoms with Crippen molar-refractivity contribution in [2.24, 2.45) is 11.8 Å². The second-order valence-electron chi connectivity index (χ2n) is 6.39. The Balaban J connectivity index is 2.49. The zero-order chi connectivity index (χ0) is 15.3. The summed E-state index contributed by atoms with van der Waals surface area (Å²) in [5, 5.41) is 12.2. The maximum absolute atomic E-state index is 11.6. The molecule has 1 fully saturated rings. The molecule has 0 amide bonds. The van der Waals surface area contributed by atoms with Gasteiger partial charge in [0.05, 0.1) is 11.2 Å². The Kier molecular flexibility index (Phi) is 6.45. The molecule has 3 atom stereocenters. The number of carbonyl (C=O) groups is 1. The van der Waals surface area contributed by atoms with E-state index >= 15 is 0 Å². The van der Waals surface area contributed by atoms with Crippen LogP contribution >= 0.6 is 0 Å². The van der Waals surface area contributed by atoms with Crippen molar-refractivity contribution in [1.29, 1.82) is 0 Å². The summed E-state index contributed by atoms with van der Waals surface area (Å²) in [4.78, 5) is 11.2. The van der Waals surface area contributed by atoms with Crippen molar-refractivity contribution in [3.63, 3.8) is 0 Å². The minimum atomic E-state index is -2.99.